The van der Waals surface area contributed by atoms with Crippen molar-refractivity contribution in [3.8, 4) is 5.75 Å². The van der Waals surface area contributed by atoms with Crippen molar-refractivity contribution in [2.45, 2.75) is 19.4 Å². The predicted molar refractivity (Wildman–Crippen MR) is 107 cm³/mol. The van der Waals surface area contributed by atoms with Crippen LogP contribution in [0.2, 0.25) is 0 Å². The monoisotopic (exact) mass is 369 g/mol. The van der Waals surface area contributed by atoms with Crippen LogP contribution in [0.25, 0.3) is 0 Å². The van der Waals surface area contributed by atoms with E-state index in [-0.39, 0.29) is 17.6 Å². The lowest BCUT2D eigenvalue weighted by Crippen LogP contribution is -2.45. The topological polar surface area (TPSA) is 64.6 Å². The number of benzene rings is 2. The SMILES string of the molecule is O=C(Nc1ccccc1O)C1CCN(C(=S)NCc2ccccc2)CC1. The number of hydrogen-bond acceptors (Lipinski definition) is 3. The third-order valence-electron chi connectivity index (χ3n) is 4.60. The molecule has 136 valence electrons. The Balaban J connectivity index is 1.45. The first-order valence-electron chi connectivity index (χ1n) is 8.79. The number of para-hydroxylation sites is 2. The molecule has 0 atom stereocenters. The number of hydrogen-bond donors (Lipinski definition) is 3. The van der Waals surface area contributed by atoms with Crippen molar-refractivity contribution in [2.75, 3.05) is 18.4 Å². The molecular weight excluding hydrogens is 346 g/mol. The number of anilines is 1. The molecule has 1 amide bonds. The van der Waals surface area contributed by atoms with Gasteiger partial charge in [-0.2, -0.15) is 0 Å². The number of likely N-dealkylation sites (tertiary alicyclic amines) is 1. The van der Waals surface area contributed by atoms with Gasteiger partial charge < -0.3 is 20.6 Å². The number of piperidine rings is 1. The van der Waals surface area contributed by atoms with Gasteiger partial charge in [0.2, 0.25) is 5.91 Å². The maximum atomic E-state index is 12.4. The zero-order valence-electron chi connectivity index (χ0n) is 14.5. The lowest BCUT2D eigenvalue weighted by molar-refractivity contribution is -0.121. The summed E-state index contributed by atoms with van der Waals surface area (Å²) in [4.78, 5) is 14.5. The molecule has 0 unspecified atom stereocenters. The highest BCUT2D eigenvalue weighted by molar-refractivity contribution is 7.80. The van der Waals surface area contributed by atoms with E-state index in [1.807, 2.05) is 18.2 Å². The summed E-state index contributed by atoms with van der Waals surface area (Å²) in [6, 6.07) is 16.9. The van der Waals surface area contributed by atoms with Gasteiger partial charge in [0.15, 0.2) is 5.11 Å². The third kappa shape index (κ3) is 4.73. The number of aromatic hydroxyl groups is 1. The van der Waals surface area contributed by atoms with Gasteiger partial charge in [0.05, 0.1) is 5.69 Å². The number of nitrogens with one attached hydrogen (secondary N) is 2. The zero-order valence-corrected chi connectivity index (χ0v) is 15.3. The minimum absolute atomic E-state index is 0.0469. The Morgan fingerprint density at radius 1 is 1.08 bits per heavy atom. The summed E-state index contributed by atoms with van der Waals surface area (Å²) in [5, 5.41) is 16.6. The Morgan fingerprint density at radius 3 is 2.42 bits per heavy atom. The summed E-state index contributed by atoms with van der Waals surface area (Å²) < 4.78 is 0. The molecule has 5 nitrogen and oxygen atoms in total. The van der Waals surface area contributed by atoms with E-state index < -0.39 is 0 Å². The Hall–Kier alpha value is -2.60. The average molecular weight is 369 g/mol. The highest BCUT2D eigenvalue weighted by Gasteiger charge is 2.26. The second-order valence-corrected chi connectivity index (χ2v) is 6.80. The van der Waals surface area contributed by atoms with Gasteiger partial charge in [-0.05, 0) is 42.8 Å². The van der Waals surface area contributed by atoms with Gasteiger partial charge in [0.1, 0.15) is 5.75 Å². The molecule has 2 aromatic rings. The van der Waals surface area contributed by atoms with Gasteiger partial charge >= 0.3 is 0 Å². The maximum Gasteiger partial charge on any atom is 0.227 e. The molecule has 0 bridgehead atoms. The smallest absolute Gasteiger partial charge is 0.227 e. The number of thiocarbonyl (C=S) groups is 1. The van der Waals surface area contributed by atoms with Crippen molar-refractivity contribution in [1.82, 2.24) is 10.2 Å². The molecule has 1 aliphatic heterocycles. The van der Waals surface area contributed by atoms with E-state index in [0.717, 1.165) is 31.0 Å². The van der Waals surface area contributed by atoms with Gasteiger partial charge in [0, 0.05) is 25.6 Å². The highest BCUT2D eigenvalue weighted by atomic mass is 32.1. The van der Waals surface area contributed by atoms with E-state index in [4.69, 9.17) is 12.2 Å². The summed E-state index contributed by atoms with van der Waals surface area (Å²) in [5.41, 5.74) is 1.65. The number of rotatable bonds is 4. The van der Waals surface area contributed by atoms with Crippen LogP contribution in [0.15, 0.2) is 54.6 Å². The molecule has 3 rings (SSSR count). The molecule has 6 heteroatoms. The fourth-order valence-electron chi connectivity index (χ4n) is 3.04. The Bertz CT molecular complexity index is 759. The van der Waals surface area contributed by atoms with E-state index in [9.17, 15) is 9.90 Å². The third-order valence-corrected chi connectivity index (χ3v) is 5.00. The second-order valence-electron chi connectivity index (χ2n) is 6.41. The largest absolute Gasteiger partial charge is 0.506 e. The van der Waals surface area contributed by atoms with Gasteiger partial charge in [-0.15, -0.1) is 0 Å². The summed E-state index contributed by atoms with van der Waals surface area (Å²) in [6.07, 6.45) is 1.49. The fourth-order valence-corrected chi connectivity index (χ4v) is 3.30. The van der Waals surface area contributed by atoms with Crippen LogP contribution in [0, 0.1) is 5.92 Å². The number of carbonyl (C=O) groups is 1. The Morgan fingerprint density at radius 2 is 1.73 bits per heavy atom. The molecule has 2 aromatic carbocycles. The van der Waals surface area contributed by atoms with Crippen LogP contribution in [0.4, 0.5) is 5.69 Å². The number of phenolic OH excluding ortho intramolecular Hbond substituents is 1. The molecule has 0 aromatic heterocycles. The highest BCUT2D eigenvalue weighted by Crippen LogP contribution is 2.24. The van der Waals surface area contributed by atoms with Crippen molar-refractivity contribution in [3.05, 3.63) is 60.2 Å². The van der Waals surface area contributed by atoms with Gasteiger partial charge in [-0.1, -0.05) is 42.5 Å². The standard InChI is InChI=1S/C20H23N3O2S/c24-18-9-5-4-8-17(18)22-19(25)16-10-12-23(13-11-16)20(26)21-14-15-6-2-1-3-7-15/h1-9,16,24H,10-14H2,(H,21,26)(H,22,25). The minimum atomic E-state index is -0.0669. The molecule has 0 radical (unpaired) electrons. The minimum Gasteiger partial charge on any atom is -0.506 e. The van der Waals surface area contributed by atoms with Crippen LogP contribution in [0.1, 0.15) is 18.4 Å². The van der Waals surface area contributed by atoms with Gasteiger partial charge in [0.25, 0.3) is 0 Å². The van der Waals surface area contributed by atoms with E-state index in [1.54, 1.807) is 24.3 Å². The van der Waals surface area contributed by atoms with E-state index >= 15 is 0 Å². The maximum absolute atomic E-state index is 12.4. The van der Waals surface area contributed by atoms with E-state index in [0.29, 0.717) is 12.2 Å². The Labute approximate surface area is 159 Å². The van der Waals surface area contributed by atoms with Crippen molar-refractivity contribution in [2.24, 2.45) is 5.92 Å². The van der Waals surface area contributed by atoms with Gasteiger partial charge in [-0.25, -0.2) is 0 Å². The quantitative estimate of drug-likeness (QED) is 0.571. The molecule has 1 fully saturated rings. The van der Waals surface area contributed by atoms with Gasteiger partial charge in [-0.3, -0.25) is 4.79 Å². The molecule has 26 heavy (non-hydrogen) atoms. The van der Waals surface area contributed by atoms with Crippen LogP contribution in [-0.2, 0) is 11.3 Å². The van der Waals surface area contributed by atoms with Crippen LogP contribution in [-0.4, -0.2) is 34.1 Å². The zero-order chi connectivity index (χ0) is 18.4. The summed E-state index contributed by atoms with van der Waals surface area (Å²) >= 11 is 5.48. The van der Waals surface area contributed by atoms with E-state index in [2.05, 4.69) is 27.7 Å². The molecule has 0 saturated carbocycles. The number of amides is 1. The molecule has 3 N–H and O–H groups in total. The normalized spacial score (nSPS) is 14.7. The summed E-state index contributed by atoms with van der Waals surface area (Å²) in [7, 11) is 0. The molecular formula is C20H23N3O2S. The van der Waals surface area contributed by atoms with Crippen LogP contribution >= 0.6 is 12.2 Å². The average Bonchev–Trinajstić information content (AvgIpc) is 2.69. The second kappa shape index (κ2) is 8.67. The predicted octanol–water partition coefficient (Wildman–Crippen LogP) is 3.12. The lowest BCUT2D eigenvalue weighted by atomic mass is 9.96. The Kier molecular flexibility index (Phi) is 6.07. The number of nitrogens with zero attached hydrogens (tertiary/aromatic N) is 1. The van der Waals surface area contributed by atoms with Crippen molar-refractivity contribution >= 4 is 28.9 Å². The molecule has 0 aliphatic carbocycles. The molecule has 1 heterocycles. The molecule has 0 spiro atoms. The van der Waals surface area contributed by atoms with Crippen molar-refractivity contribution in [1.29, 1.82) is 0 Å². The summed E-state index contributed by atoms with van der Waals surface area (Å²) in [5.74, 6) is -0.0262. The van der Waals surface area contributed by atoms with Crippen LogP contribution in [0.5, 0.6) is 5.75 Å². The summed E-state index contributed by atoms with van der Waals surface area (Å²) in [6.45, 7) is 2.20. The number of carbonyl (C=O) groups excluding carboxylic acids is 1. The first-order chi connectivity index (χ1) is 12.6. The van der Waals surface area contributed by atoms with Crippen LogP contribution in [0.3, 0.4) is 0 Å². The number of phenols is 1. The lowest BCUT2D eigenvalue weighted by Gasteiger charge is -2.33. The van der Waals surface area contributed by atoms with E-state index in [1.165, 1.54) is 5.56 Å². The van der Waals surface area contributed by atoms with Crippen molar-refractivity contribution in [3.63, 3.8) is 0 Å². The van der Waals surface area contributed by atoms with Crippen molar-refractivity contribution < 1.29 is 9.90 Å². The first-order valence-corrected chi connectivity index (χ1v) is 9.20. The fraction of sp³-hybridized carbons (Fsp3) is 0.300. The van der Waals surface area contributed by atoms with Crippen LogP contribution < -0.4 is 10.6 Å². The molecule has 1 saturated heterocycles. The molecule has 1 aliphatic rings. The first kappa shape index (κ1) is 18.2.